The zero-order valence-corrected chi connectivity index (χ0v) is 10.2. The lowest BCUT2D eigenvalue weighted by atomic mass is 10.1. The van der Waals surface area contributed by atoms with Crippen molar-refractivity contribution in [3.63, 3.8) is 0 Å². The van der Waals surface area contributed by atoms with Crippen molar-refractivity contribution in [2.45, 2.75) is 11.2 Å². The summed E-state index contributed by atoms with van der Waals surface area (Å²) in [5, 5.41) is 0. The lowest BCUT2D eigenvalue weighted by Crippen LogP contribution is -2.16. The number of alkyl halides is 1. The van der Waals surface area contributed by atoms with Crippen molar-refractivity contribution in [3.8, 4) is 0 Å². The normalized spacial score (nSPS) is 12.3. The minimum Gasteiger partial charge on any atom is -0.461 e. The molecule has 16 heavy (non-hydrogen) atoms. The average Bonchev–Trinajstić information content (AvgIpc) is 2.83. The van der Waals surface area contributed by atoms with E-state index in [0.29, 0.717) is 12.2 Å². The van der Waals surface area contributed by atoms with E-state index < -0.39 is 0 Å². The second kappa shape index (κ2) is 5.12. The molecular weight excluding hydrogens is 268 g/mol. The SMILES string of the molecule is O=C(c1ccco1)C(Br)Cc1ccccc1. The number of carbonyl (C=O) groups is 1. The molecule has 3 heteroatoms. The van der Waals surface area contributed by atoms with Gasteiger partial charge in [-0.3, -0.25) is 4.79 Å². The van der Waals surface area contributed by atoms with Crippen LogP contribution < -0.4 is 0 Å². The molecule has 0 aliphatic heterocycles. The molecule has 1 unspecified atom stereocenters. The van der Waals surface area contributed by atoms with Crippen molar-refractivity contribution in [2.75, 3.05) is 0 Å². The molecule has 82 valence electrons. The molecule has 0 saturated heterocycles. The standard InChI is InChI=1S/C13H11BrO2/c14-11(9-10-5-2-1-3-6-10)13(15)12-7-4-8-16-12/h1-8,11H,9H2. The molecule has 0 fully saturated rings. The molecule has 2 rings (SSSR count). The fourth-order valence-corrected chi connectivity index (χ4v) is 2.09. The van der Waals surface area contributed by atoms with Crippen molar-refractivity contribution in [1.82, 2.24) is 0 Å². The highest BCUT2D eigenvalue weighted by molar-refractivity contribution is 9.10. The van der Waals surface area contributed by atoms with Gasteiger partial charge in [-0.15, -0.1) is 0 Å². The van der Waals surface area contributed by atoms with E-state index in [9.17, 15) is 4.79 Å². The quantitative estimate of drug-likeness (QED) is 0.633. The van der Waals surface area contributed by atoms with Crippen molar-refractivity contribution in [2.24, 2.45) is 0 Å². The molecule has 0 radical (unpaired) electrons. The molecule has 1 aromatic heterocycles. The summed E-state index contributed by atoms with van der Waals surface area (Å²) < 4.78 is 5.07. The Hall–Kier alpha value is -1.35. The van der Waals surface area contributed by atoms with Crippen LogP contribution in [0.2, 0.25) is 0 Å². The van der Waals surface area contributed by atoms with Crippen LogP contribution in [-0.2, 0) is 6.42 Å². The van der Waals surface area contributed by atoms with E-state index in [1.54, 1.807) is 12.1 Å². The molecular formula is C13H11BrO2. The van der Waals surface area contributed by atoms with Gasteiger partial charge in [-0.1, -0.05) is 46.3 Å². The minimum atomic E-state index is -0.235. The summed E-state index contributed by atoms with van der Waals surface area (Å²) in [5.41, 5.74) is 1.13. The minimum absolute atomic E-state index is 0.0196. The number of benzene rings is 1. The van der Waals surface area contributed by atoms with E-state index in [4.69, 9.17) is 4.42 Å². The first-order chi connectivity index (χ1) is 7.77. The highest BCUT2D eigenvalue weighted by Gasteiger charge is 2.19. The van der Waals surface area contributed by atoms with Gasteiger partial charge < -0.3 is 4.42 Å². The number of ketones is 1. The molecule has 0 aliphatic carbocycles. The molecule has 1 heterocycles. The van der Waals surface area contributed by atoms with E-state index in [-0.39, 0.29) is 10.6 Å². The number of rotatable bonds is 4. The molecule has 2 nitrogen and oxygen atoms in total. The van der Waals surface area contributed by atoms with Gasteiger partial charge in [-0.25, -0.2) is 0 Å². The van der Waals surface area contributed by atoms with Crippen LogP contribution in [0.1, 0.15) is 16.1 Å². The molecule has 0 N–H and O–H groups in total. The zero-order valence-electron chi connectivity index (χ0n) is 8.60. The van der Waals surface area contributed by atoms with Gasteiger partial charge in [0.2, 0.25) is 5.78 Å². The Morgan fingerprint density at radius 3 is 2.56 bits per heavy atom. The largest absolute Gasteiger partial charge is 0.461 e. The maximum Gasteiger partial charge on any atom is 0.211 e. The van der Waals surface area contributed by atoms with Crippen molar-refractivity contribution in [1.29, 1.82) is 0 Å². The summed E-state index contributed by atoms with van der Waals surface area (Å²) in [6.45, 7) is 0. The van der Waals surface area contributed by atoms with Crippen LogP contribution in [0.15, 0.2) is 53.1 Å². The fourth-order valence-electron chi connectivity index (χ4n) is 1.49. The first-order valence-corrected chi connectivity index (χ1v) is 5.94. The van der Waals surface area contributed by atoms with Crippen molar-refractivity contribution in [3.05, 3.63) is 60.1 Å². The van der Waals surface area contributed by atoms with Gasteiger partial charge in [0.15, 0.2) is 5.76 Å². The van der Waals surface area contributed by atoms with Crippen molar-refractivity contribution >= 4 is 21.7 Å². The second-order valence-electron chi connectivity index (χ2n) is 3.50. The molecule has 2 aromatic rings. The van der Waals surface area contributed by atoms with Crippen LogP contribution in [0, 0.1) is 0 Å². The molecule has 1 aromatic carbocycles. The van der Waals surface area contributed by atoms with E-state index in [2.05, 4.69) is 15.9 Å². The first-order valence-electron chi connectivity index (χ1n) is 5.03. The summed E-state index contributed by atoms with van der Waals surface area (Å²) in [5.74, 6) is 0.381. The Morgan fingerprint density at radius 2 is 1.94 bits per heavy atom. The summed E-state index contributed by atoms with van der Waals surface area (Å²) in [7, 11) is 0. The van der Waals surface area contributed by atoms with E-state index in [0.717, 1.165) is 5.56 Å². The third-order valence-corrected chi connectivity index (χ3v) is 3.05. The Labute approximate surface area is 102 Å². The van der Waals surface area contributed by atoms with Gasteiger partial charge in [0.25, 0.3) is 0 Å². The molecule has 0 spiro atoms. The van der Waals surface area contributed by atoms with Crippen LogP contribution in [0.25, 0.3) is 0 Å². The molecule has 1 atom stereocenters. The lowest BCUT2D eigenvalue weighted by molar-refractivity contribution is 0.0964. The zero-order chi connectivity index (χ0) is 11.4. The number of hydrogen-bond donors (Lipinski definition) is 0. The fraction of sp³-hybridized carbons (Fsp3) is 0.154. The van der Waals surface area contributed by atoms with Crippen LogP contribution in [0.5, 0.6) is 0 Å². The van der Waals surface area contributed by atoms with E-state index >= 15 is 0 Å². The number of furan rings is 1. The number of carbonyl (C=O) groups excluding carboxylic acids is 1. The summed E-state index contributed by atoms with van der Waals surface area (Å²) in [4.78, 5) is 11.6. The lowest BCUT2D eigenvalue weighted by Gasteiger charge is -2.06. The maximum atomic E-state index is 11.9. The average molecular weight is 279 g/mol. The second-order valence-corrected chi connectivity index (χ2v) is 4.60. The Balaban J connectivity index is 2.04. The maximum absolute atomic E-state index is 11.9. The highest BCUT2D eigenvalue weighted by Crippen LogP contribution is 2.15. The van der Waals surface area contributed by atoms with E-state index in [1.807, 2.05) is 30.3 Å². The third-order valence-electron chi connectivity index (χ3n) is 2.31. The predicted octanol–water partition coefficient (Wildman–Crippen LogP) is 3.47. The summed E-state index contributed by atoms with van der Waals surface area (Å²) >= 11 is 3.39. The van der Waals surface area contributed by atoms with Gasteiger partial charge in [0.05, 0.1) is 11.1 Å². The summed E-state index contributed by atoms with van der Waals surface area (Å²) in [6, 6.07) is 13.3. The van der Waals surface area contributed by atoms with Crippen LogP contribution in [-0.4, -0.2) is 10.6 Å². The number of Topliss-reactive ketones (excluding diaryl/α,β-unsaturated/α-hetero) is 1. The van der Waals surface area contributed by atoms with Gasteiger partial charge in [-0.2, -0.15) is 0 Å². The third kappa shape index (κ3) is 2.61. The monoisotopic (exact) mass is 278 g/mol. The Kier molecular flexibility index (Phi) is 3.57. The van der Waals surface area contributed by atoms with Crippen molar-refractivity contribution < 1.29 is 9.21 Å². The van der Waals surface area contributed by atoms with Gasteiger partial charge >= 0.3 is 0 Å². The number of hydrogen-bond acceptors (Lipinski definition) is 2. The first kappa shape index (κ1) is 11.1. The molecule has 0 saturated carbocycles. The number of halogens is 1. The smallest absolute Gasteiger partial charge is 0.211 e. The predicted molar refractivity (Wildman–Crippen MR) is 65.9 cm³/mol. The van der Waals surface area contributed by atoms with Gasteiger partial charge in [0.1, 0.15) is 0 Å². The van der Waals surface area contributed by atoms with Gasteiger partial charge in [0, 0.05) is 0 Å². The Bertz CT molecular complexity index is 448. The summed E-state index contributed by atoms with van der Waals surface area (Å²) in [6.07, 6.45) is 2.18. The Morgan fingerprint density at radius 1 is 1.19 bits per heavy atom. The molecule has 0 amide bonds. The van der Waals surface area contributed by atoms with Gasteiger partial charge in [-0.05, 0) is 24.1 Å². The molecule has 0 bridgehead atoms. The van der Waals surface area contributed by atoms with Crippen LogP contribution in [0.4, 0.5) is 0 Å². The molecule has 0 aliphatic rings. The van der Waals surface area contributed by atoms with Crippen LogP contribution in [0.3, 0.4) is 0 Å². The highest BCUT2D eigenvalue weighted by atomic mass is 79.9. The van der Waals surface area contributed by atoms with E-state index in [1.165, 1.54) is 6.26 Å². The topological polar surface area (TPSA) is 30.2 Å². The van der Waals surface area contributed by atoms with Crippen LogP contribution >= 0.6 is 15.9 Å².